The molecule has 1 aromatic rings. The molecule has 0 aromatic carbocycles. The number of carbonyl (C=O) groups is 1. The normalized spacial score (nSPS) is 25.0. The van der Waals surface area contributed by atoms with Gasteiger partial charge in [-0.25, -0.2) is 0 Å². The van der Waals surface area contributed by atoms with Gasteiger partial charge in [0.1, 0.15) is 5.69 Å². The number of ether oxygens (including phenoxy) is 1. The van der Waals surface area contributed by atoms with Crippen LogP contribution in [-0.4, -0.2) is 77.3 Å². The molecule has 1 aromatic heterocycles. The molecule has 2 fully saturated rings. The van der Waals surface area contributed by atoms with Gasteiger partial charge in [0.25, 0.3) is 5.91 Å². The molecule has 3 heterocycles. The van der Waals surface area contributed by atoms with Crippen molar-refractivity contribution >= 4 is 5.91 Å². The monoisotopic (exact) mass is 305 g/mol. The molecule has 1 N–H and O–H groups in total. The number of β-amino-alcohol motifs (C(OH)–C–C–N with tert-alkyl or cyclic N) is 1. The second-order valence-electron chi connectivity index (χ2n) is 5.96. The molecule has 1 amide bonds. The highest BCUT2D eigenvalue weighted by Crippen LogP contribution is 2.19. The Kier molecular flexibility index (Phi) is 5.02. The fourth-order valence-electron chi connectivity index (χ4n) is 3.23. The Hall–Kier alpha value is -1.50. The summed E-state index contributed by atoms with van der Waals surface area (Å²) >= 11 is 0. The molecule has 6 heteroatoms. The second kappa shape index (κ2) is 7.17. The van der Waals surface area contributed by atoms with Crippen molar-refractivity contribution in [2.24, 2.45) is 0 Å². The van der Waals surface area contributed by atoms with Crippen molar-refractivity contribution in [2.45, 2.75) is 25.0 Å². The zero-order chi connectivity index (χ0) is 15.4. The van der Waals surface area contributed by atoms with E-state index in [9.17, 15) is 9.90 Å². The Morgan fingerprint density at radius 2 is 2.09 bits per heavy atom. The number of likely N-dealkylation sites (tertiary alicyclic amines) is 1. The highest BCUT2D eigenvalue weighted by atomic mass is 16.5. The number of aliphatic hydroxyl groups excluding tert-OH is 1. The Labute approximate surface area is 130 Å². The van der Waals surface area contributed by atoms with Crippen molar-refractivity contribution in [3.63, 3.8) is 0 Å². The van der Waals surface area contributed by atoms with E-state index in [-0.39, 0.29) is 5.91 Å². The molecule has 3 rings (SSSR count). The van der Waals surface area contributed by atoms with Gasteiger partial charge < -0.3 is 14.7 Å². The summed E-state index contributed by atoms with van der Waals surface area (Å²) in [6.45, 7) is 4.10. The molecule has 0 radical (unpaired) electrons. The van der Waals surface area contributed by atoms with Crippen LogP contribution >= 0.6 is 0 Å². The maximum Gasteiger partial charge on any atom is 0.272 e. The first-order valence-electron chi connectivity index (χ1n) is 7.94. The van der Waals surface area contributed by atoms with Crippen LogP contribution in [0.5, 0.6) is 0 Å². The summed E-state index contributed by atoms with van der Waals surface area (Å²) in [6, 6.07) is 5.84. The van der Waals surface area contributed by atoms with Gasteiger partial charge in [0.15, 0.2) is 0 Å². The number of nitrogens with zero attached hydrogens (tertiary/aromatic N) is 3. The summed E-state index contributed by atoms with van der Waals surface area (Å²) in [7, 11) is 0. The third kappa shape index (κ3) is 3.63. The quantitative estimate of drug-likeness (QED) is 0.856. The Balaban J connectivity index is 1.55. The lowest BCUT2D eigenvalue weighted by molar-refractivity contribution is 0.0463. The highest BCUT2D eigenvalue weighted by molar-refractivity contribution is 5.92. The number of amides is 1. The van der Waals surface area contributed by atoms with E-state index in [1.807, 2.05) is 17.0 Å². The maximum absolute atomic E-state index is 12.4. The number of hydrogen-bond acceptors (Lipinski definition) is 5. The Morgan fingerprint density at radius 1 is 1.27 bits per heavy atom. The van der Waals surface area contributed by atoms with Crippen LogP contribution in [0.3, 0.4) is 0 Å². The van der Waals surface area contributed by atoms with Gasteiger partial charge in [0, 0.05) is 38.4 Å². The average molecular weight is 305 g/mol. The summed E-state index contributed by atoms with van der Waals surface area (Å²) in [5.74, 6) is 0.0123. The van der Waals surface area contributed by atoms with Crippen LogP contribution in [0.25, 0.3) is 0 Å². The molecule has 22 heavy (non-hydrogen) atoms. The molecule has 2 aliphatic rings. The van der Waals surface area contributed by atoms with E-state index < -0.39 is 6.10 Å². The van der Waals surface area contributed by atoms with E-state index in [1.54, 1.807) is 12.3 Å². The van der Waals surface area contributed by atoms with E-state index in [4.69, 9.17) is 4.74 Å². The molecular weight excluding hydrogens is 282 g/mol. The maximum atomic E-state index is 12.4. The highest BCUT2D eigenvalue weighted by Gasteiger charge is 2.29. The molecule has 0 spiro atoms. The lowest BCUT2D eigenvalue weighted by Gasteiger charge is -2.38. The van der Waals surface area contributed by atoms with Crippen LogP contribution in [0.2, 0.25) is 0 Å². The standard InChI is InChI=1S/C16H23N3O3/c20-14-11-19(9-10-22-12-14)13-4-7-18(8-5-13)16(21)15-3-1-2-6-17-15/h1-3,6,13-14,20H,4-5,7-12H2. The third-order valence-corrected chi connectivity index (χ3v) is 4.43. The van der Waals surface area contributed by atoms with Crippen LogP contribution in [0.1, 0.15) is 23.3 Å². The van der Waals surface area contributed by atoms with E-state index in [0.29, 0.717) is 31.5 Å². The minimum Gasteiger partial charge on any atom is -0.389 e. The number of pyridine rings is 1. The van der Waals surface area contributed by atoms with E-state index in [2.05, 4.69) is 9.88 Å². The van der Waals surface area contributed by atoms with Crippen molar-refractivity contribution < 1.29 is 14.6 Å². The van der Waals surface area contributed by atoms with Crippen molar-refractivity contribution in [1.29, 1.82) is 0 Å². The molecule has 1 unspecified atom stereocenters. The number of aromatic nitrogens is 1. The van der Waals surface area contributed by atoms with Crippen molar-refractivity contribution in [1.82, 2.24) is 14.8 Å². The zero-order valence-corrected chi connectivity index (χ0v) is 12.7. The van der Waals surface area contributed by atoms with Crippen LogP contribution in [0.4, 0.5) is 0 Å². The van der Waals surface area contributed by atoms with Gasteiger partial charge in [-0.1, -0.05) is 6.07 Å². The van der Waals surface area contributed by atoms with Crippen molar-refractivity contribution in [3.8, 4) is 0 Å². The Bertz CT molecular complexity index is 489. The van der Waals surface area contributed by atoms with Crippen molar-refractivity contribution in [2.75, 3.05) is 39.4 Å². The molecule has 1 atom stereocenters. The molecule has 0 bridgehead atoms. The first-order chi connectivity index (χ1) is 10.7. The molecular formula is C16H23N3O3. The van der Waals surface area contributed by atoms with Gasteiger partial charge in [-0.05, 0) is 25.0 Å². The zero-order valence-electron chi connectivity index (χ0n) is 12.7. The summed E-state index contributed by atoms with van der Waals surface area (Å²) in [6.07, 6.45) is 3.12. The SMILES string of the molecule is O=C(c1ccccn1)N1CCC(N2CCOCC(O)C2)CC1. The van der Waals surface area contributed by atoms with Gasteiger partial charge in [0.05, 0.1) is 19.3 Å². The predicted octanol–water partition coefficient (Wildman–Crippen LogP) is 0.379. The number of carbonyl (C=O) groups excluding carboxylic acids is 1. The van der Waals surface area contributed by atoms with Gasteiger partial charge in [0.2, 0.25) is 0 Å². The number of hydrogen-bond donors (Lipinski definition) is 1. The van der Waals surface area contributed by atoms with Crippen molar-refractivity contribution in [3.05, 3.63) is 30.1 Å². The third-order valence-electron chi connectivity index (χ3n) is 4.43. The first kappa shape index (κ1) is 15.4. The lowest BCUT2D eigenvalue weighted by atomic mass is 10.0. The predicted molar refractivity (Wildman–Crippen MR) is 81.6 cm³/mol. The van der Waals surface area contributed by atoms with Crippen LogP contribution in [-0.2, 0) is 4.74 Å². The molecule has 2 aliphatic heterocycles. The molecule has 0 saturated carbocycles. The fraction of sp³-hybridized carbons (Fsp3) is 0.625. The van der Waals surface area contributed by atoms with Crippen LogP contribution in [0.15, 0.2) is 24.4 Å². The largest absolute Gasteiger partial charge is 0.389 e. The Morgan fingerprint density at radius 3 is 2.82 bits per heavy atom. The van der Waals surface area contributed by atoms with Gasteiger partial charge >= 0.3 is 0 Å². The molecule has 2 saturated heterocycles. The first-order valence-corrected chi connectivity index (χ1v) is 7.94. The van der Waals surface area contributed by atoms with Crippen LogP contribution < -0.4 is 0 Å². The topological polar surface area (TPSA) is 65.9 Å². The molecule has 6 nitrogen and oxygen atoms in total. The number of rotatable bonds is 2. The number of piperidine rings is 1. The average Bonchev–Trinajstić information content (AvgIpc) is 2.80. The van der Waals surface area contributed by atoms with E-state index >= 15 is 0 Å². The van der Waals surface area contributed by atoms with Gasteiger partial charge in [-0.15, -0.1) is 0 Å². The fourth-order valence-corrected chi connectivity index (χ4v) is 3.23. The summed E-state index contributed by atoms with van der Waals surface area (Å²) in [5, 5.41) is 9.84. The smallest absolute Gasteiger partial charge is 0.272 e. The van der Waals surface area contributed by atoms with E-state index in [1.165, 1.54) is 0 Å². The van der Waals surface area contributed by atoms with Gasteiger partial charge in [-0.3, -0.25) is 14.7 Å². The summed E-state index contributed by atoms with van der Waals surface area (Å²) in [4.78, 5) is 20.7. The second-order valence-corrected chi connectivity index (χ2v) is 5.96. The minimum absolute atomic E-state index is 0.0123. The molecule has 120 valence electrons. The minimum atomic E-state index is -0.407. The number of aliphatic hydroxyl groups is 1. The summed E-state index contributed by atoms with van der Waals surface area (Å²) < 4.78 is 5.38. The summed E-state index contributed by atoms with van der Waals surface area (Å²) in [5.41, 5.74) is 0.513. The van der Waals surface area contributed by atoms with Crippen LogP contribution in [0, 0.1) is 0 Å². The van der Waals surface area contributed by atoms with E-state index in [0.717, 1.165) is 32.5 Å². The lowest BCUT2D eigenvalue weighted by Crippen LogP contribution is -2.48. The van der Waals surface area contributed by atoms with Gasteiger partial charge in [-0.2, -0.15) is 0 Å². The molecule has 0 aliphatic carbocycles.